The summed E-state index contributed by atoms with van der Waals surface area (Å²) in [5.41, 5.74) is 0.0218. The van der Waals surface area contributed by atoms with Gasteiger partial charge in [0.25, 0.3) is 0 Å². The molecule has 0 spiro atoms. The summed E-state index contributed by atoms with van der Waals surface area (Å²) in [6.45, 7) is 4.62. The number of rotatable bonds is 6. The summed E-state index contributed by atoms with van der Waals surface area (Å²) < 4.78 is 0. The number of hydrogen-bond acceptors (Lipinski definition) is 7. The van der Waals surface area contributed by atoms with Gasteiger partial charge in [0.1, 0.15) is 5.70 Å². The van der Waals surface area contributed by atoms with Crippen LogP contribution in [0.3, 0.4) is 0 Å². The van der Waals surface area contributed by atoms with Crippen LogP contribution in [0.4, 0.5) is 0 Å². The van der Waals surface area contributed by atoms with Crippen molar-refractivity contribution in [2.45, 2.75) is 56.2 Å². The van der Waals surface area contributed by atoms with Crippen LogP contribution in [0.25, 0.3) is 0 Å². The Kier molecular flexibility index (Phi) is 5.39. The number of carbonyl (C=O) groups is 3. The zero-order chi connectivity index (χ0) is 21.0. The highest BCUT2D eigenvalue weighted by molar-refractivity contribution is 8.03. The second kappa shape index (κ2) is 7.57. The molecule has 0 radical (unpaired) electrons. The lowest BCUT2D eigenvalue weighted by Crippen LogP contribution is -2.63. The number of aliphatic hydroxyl groups excluding tert-OH is 2. The summed E-state index contributed by atoms with van der Waals surface area (Å²) in [6.07, 6.45) is -0.383. The highest BCUT2D eigenvalue weighted by Gasteiger charge is 2.60. The number of amides is 2. The minimum absolute atomic E-state index is 0.0218. The number of aliphatic carboxylic acids is 1. The van der Waals surface area contributed by atoms with E-state index in [1.54, 1.807) is 6.92 Å². The molecule has 0 aliphatic carbocycles. The summed E-state index contributed by atoms with van der Waals surface area (Å²) in [4.78, 5) is 38.2. The molecule has 160 valence electrons. The van der Waals surface area contributed by atoms with Gasteiger partial charge < -0.3 is 30.9 Å². The van der Waals surface area contributed by atoms with Crippen molar-refractivity contribution < 1.29 is 29.7 Å². The molecule has 4 aliphatic rings. The topological polar surface area (TPSA) is 139 Å². The van der Waals surface area contributed by atoms with Gasteiger partial charge in [0.05, 0.1) is 30.1 Å². The maximum absolute atomic E-state index is 12.4. The van der Waals surface area contributed by atoms with Crippen LogP contribution in [-0.4, -0.2) is 80.6 Å². The van der Waals surface area contributed by atoms with Gasteiger partial charge in [-0.25, -0.2) is 4.79 Å². The van der Waals surface area contributed by atoms with Crippen LogP contribution >= 0.6 is 11.8 Å². The van der Waals surface area contributed by atoms with E-state index in [0.717, 1.165) is 0 Å². The molecule has 0 aromatic heterocycles. The Morgan fingerprint density at radius 2 is 2.03 bits per heavy atom. The standard InChI is InChI=1S/C19H27N3O6S/c1-7-13-12(8(2)23)18(26)22(13)14(19(27)28)16(7)29-9-5-11(21-6-9)15(24)10-3-4-20-17(10)25/h7-13,15,21,23-24H,3-6H2,1-2H3,(H,20,25)(H,27,28)/t7-,8?,9?,10+,11+,12?,13?,15?/m1/s1. The molecule has 0 aromatic rings. The van der Waals surface area contributed by atoms with Gasteiger partial charge in [-0.1, -0.05) is 6.92 Å². The second-order valence-electron chi connectivity index (χ2n) is 8.44. The number of fused-ring (bicyclic) bond motifs is 1. The smallest absolute Gasteiger partial charge is 0.353 e. The third kappa shape index (κ3) is 3.26. The Hall–Kier alpha value is -1.62. The SMILES string of the molecule is CC(O)C1C(=O)N2C(C(=O)O)=C(SC3CN[C@H](C(O)[C@@H]4CCNC4=O)C3)[C@H](C)C12. The lowest BCUT2D eigenvalue weighted by molar-refractivity contribution is -0.163. The molecule has 0 bridgehead atoms. The first-order chi connectivity index (χ1) is 13.7. The minimum atomic E-state index is -1.13. The number of hydrogen-bond donors (Lipinski definition) is 5. The van der Waals surface area contributed by atoms with E-state index in [2.05, 4.69) is 10.6 Å². The van der Waals surface area contributed by atoms with Crippen molar-refractivity contribution in [2.24, 2.45) is 17.8 Å². The number of nitrogens with zero attached hydrogens (tertiary/aromatic N) is 1. The Morgan fingerprint density at radius 3 is 2.62 bits per heavy atom. The molecule has 5 unspecified atom stereocenters. The Bertz CT molecular complexity index is 771. The van der Waals surface area contributed by atoms with E-state index < -0.39 is 30.0 Å². The highest BCUT2D eigenvalue weighted by Crippen LogP contribution is 2.51. The van der Waals surface area contributed by atoms with Gasteiger partial charge in [0.2, 0.25) is 11.8 Å². The van der Waals surface area contributed by atoms with Gasteiger partial charge in [-0.15, -0.1) is 11.8 Å². The van der Waals surface area contributed by atoms with Crippen molar-refractivity contribution in [3.63, 3.8) is 0 Å². The van der Waals surface area contributed by atoms with Gasteiger partial charge >= 0.3 is 5.97 Å². The summed E-state index contributed by atoms with van der Waals surface area (Å²) in [5, 5.41) is 36.3. The number of thioether (sulfide) groups is 1. The largest absolute Gasteiger partial charge is 0.477 e. The van der Waals surface area contributed by atoms with Gasteiger partial charge in [-0.2, -0.15) is 0 Å². The Morgan fingerprint density at radius 1 is 1.31 bits per heavy atom. The van der Waals surface area contributed by atoms with Gasteiger partial charge in [-0.3, -0.25) is 9.59 Å². The van der Waals surface area contributed by atoms with Crippen molar-refractivity contribution in [3.8, 4) is 0 Å². The quantitative estimate of drug-likeness (QED) is 0.345. The van der Waals surface area contributed by atoms with E-state index in [-0.39, 0.29) is 40.8 Å². The Labute approximate surface area is 172 Å². The van der Waals surface area contributed by atoms with Crippen molar-refractivity contribution in [3.05, 3.63) is 10.6 Å². The highest BCUT2D eigenvalue weighted by atomic mass is 32.2. The molecular weight excluding hydrogens is 398 g/mol. The third-order valence-electron chi connectivity index (χ3n) is 6.65. The normalized spacial score (nSPS) is 38.7. The van der Waals surface area contributed by atoms with E-state index in [4.69, 9.17) is 0 Å². The summed E-state index contributed by atoms with van der Waals surface area (Å²) in [7, 11) is 0. The molecule has 0 saturated carbocycles. The number of nitrogens with one attached hydrogen (secondary N) is 2. The number of carbonyl (C=O) groups excluding carboxylic acids is 2. The van der Waals surface area contributed by atoms with Crippen LogP contribution in [0, 0.1) is 17.8 Å². The monoisotopic (exact) mass is 425 g/mol. The third-order valence-corrected chi connectivity index (χ3v) is 8.16. The molecule has 2 amide bonds. The van der Waals surface area contributed by atoms with Crippen molar-refractivity contribution in [1.82, 2.24) is 15.5 Å². The predicted octanol–water partition coefficient (Wildman–Crippen LogP) is -0.899. The van der Waals surface area contributed by atoms with Crippen molar-refractivity contribution >= 4 is 29.5 Å². The molecule has 9 nitrogen and oxygen atoms in total. The zero-order valence-corrected chi connectivity index (χ0v) is 17.2. The van der Waals surface area contributed by atoms with Gasteiger partial charge in [0.15, 0.2) is 0 Å². The van der Waals surface area contributed by atoms with Crippen molar-refractivity contribution in [1.29, 1.82) is 0 Å². The fraction of sp³-hybridized carbons (Fsp3) is 0.737. The van der Waals surface area contributed by atoms with E-state index in [0.29, 0.717) is 30.8 Å². The van der Waals surface area contributed by atoms with Gasteiger partial charge in [0, 0.05) is 35.2 Å². The number of β-lactam (4-membered cyclic amide) rings is 1. The first kappa shape index (κ1) is 20.6. The molecule has 5 N–H and O–H groups in total. The molecular formula is C19H27N3O6S. The van der Waals surface area contributed by atoms with Crippen LogP contribution in [0.1, 0.15) is 26.7 Å². The van der Waals surface area contributed by atoms with E-state index in [1.807, 2.05) is 6.92 Å². The van der Waals surface area contributed by atoms with Crippen LogP contribution in [0.2, 0.25) is 0 Å². The summed E-state index contributed by atoms with van der Waals surface area (Å²) in [5.74, 6) is -2.76. The zero-order valence-electron chi connectivity index (χ0n) is 16.4. The number of carboxylic acid groups (broad SMARTS) is 1. The fourth-order valence-electron chi connectivity index (χ4n) is 5.16. The molecule has 4 rings (SSSR count). The lowest BCUT2D eigenvalue weighted by Gasteiger charge is -2.46. The average Bonchev–Trinajstić information content (AvgIpc) is 3.33. The van der Waals surface area contributed by atoms with Crippen LogP contribution < -0.4 is 10.6 Å². The molecule has 29 heavy (non-hydrogen) atoms. The molecule has 4 heterocycles. The predicted molar refractivity (Wildman–Crippen MR) is 105 cm³/mol. The van der Waals surface area contributed by atoms with Crippen LogP contribution in [0.5, 0.6) is 0 Å². The Balaban J connectivity index is 1.47. The number of carboxylic acids is 1. The first-order valence-corrected chi connectivity index (χ1v) is 10.9. The molecule has 0 aromatic carbocycles. The lowest BCUT2D eigenvalue weighted by atomic mass is 9.79. The van der Waals surface area contributed by atoms with E-state index in [9.17, 15) is 29.7 Å². The minimum Gasteiger partial charge on any atom is -0.477 e. The van der Waals surface area contributed by atoms with Gasteiger partial charge in [-0.05, 0) is 19.8 Å². The number of aliphatic hydroxyl groups is 2. The molecule has 3 fully saturated rings. The molecule has 3 saturated heterocycles. The average molecular weight is 426 g/mol. The molecule has 8 atom stereocenters. The van der Waals surface area contributed by atoms with Crippen LogP contribution in [-0.2, 0) is 14.4 Å². The second-order valence-corrected chi connectivity index (χ2v) is 9.78. The molecule has 4 aliphatic heterocycles. The summed E-state index contributed by atoms with van der Waals surface area (Å²) in [6, 6.07) is -0.551. The van der Waals surface area contributed by atoms with E-state index >= 15 is 0 Å². The maximum Gasteiger partial charge on any atom is 0.353 e. The van der Waals surface area contributed by atoms with E-state index in [1.165, 1.54) is 16.7 Å². The van der Waals surface area contributed by atoms with Crippen molar-refractivity contribution in [2.75, 3.05) is 13.1 Å². The molecule has 10 heteroatoms. The summed E-state index contributed by atoms with van der Waals surface area (Å²) >= 11 is 1.44. The fourth-order valence-corrected chi connectivity index (χ4v) is 6.65. The van der Waals surface area contributed by atoms with Crippen LogP contribution in [0.15, 0.2) is 10.6 Å². The first-order valence-electron chi connectivity index (χ1n) is 10.1. The maximum atomic E-state index is 12.4.